The van der Waals surface area contributed by atoms with Gasteiger partial charge in [-0.05, 0) is 5.56 Å². The maximum atomic E-state index is 12.0. The number of halogens is 2. The summed E-state index contributed by atoms with van der Waals surface area (Å²) in [5.41, 5.74) is 1.22. The number of ether oxygens (including phenoxy) is 2. The lowest BCUT2D eigenvalue weighted by molar-refractivity contribution is -0.120. The number of nitrogens with zero attached hydrogens (tertiary/aromatic N) is 1. The summed E-state index contributed by atoms with van der Waals surface area (Å²) in [5.74, 6) is 0.00953. The molecule has 2 rings (SSSR count). The quantitative estimate of drug-likeness (QED) is 0.618. The van der Waals surface area contributed by atoms with Crippen molar-refractivity contribution in [1.29, 1.82) is 0 Å². The van der Waals surface area contributed by atoms with Crippen LogP contribution in [-0.2, 0) is 14.3 Å². The number of benzene rings is 1. The van der Waals surface area contributed by atoms with Gasteiger partial charge in [-0.15, -0.1) is 24.8 Å². The van der Waals surface area contributed by atoms with Gasteiger partial charge in [-0.1, -0.05) is 30.3 Å². The Kier molecular flexibility index (Phi) is 13.8. The third-order valence-electron chi connectivity index (χ3n) is 3.93. The van der Waals surface area contributed by atoms with E-state index in [0.29, 0.717) is 26.2 Å². The molecule has 25 heavy (non-hydrogen) atoms. The molecule has 144 valence electrons. The number of rotatable bonds is 9. The average Bonchev–Trinajstić information content (AvgIpc) is 2.61. The highest BCUT2D eigenvalue weighted by Crippen LogP contribution is 2.20. The molecule has 1 unspecified atom stereocenters. The molecule has 1 aromatic carbocycles. The summed E-state index contributed by atoms with van der Waals surface area (Å²) in [4.78, 5) is 14.3. The first-order chi connectivity index (χ1) is 11.3. The van der Waals surface area contributed by atoms with Crippen LogP contribution in [0, 0.1) is 0 Å². The molecule has 0 radical (unpaired) electrons. The largest absolute Gasteiger partial charge is 0.383 e. The van der Waals surface area contributed by atoms with Crippen LogP contribution in [0.2, 0.25) is 0 Å². The van der Waals surface area contributed by atoms with Gasteiger partial charge in [-0.3, -0.25) is 9.69 Å². The normalized spacial score (nSPS) is 15.6. The van der Waals surface area contributed by atoms with E-state index in [-0.39, 0.29) is 36.8 Å². The zero-order valence-corrected chi connectivity index (χ0v) is 16.2. The molecule has 1 aliphatic heterocycles. The van der Waals surface area contributed by atoms with Crippen molar-refractivity contribution in [3.05, 3.63) is 35.9 Å². The minimum Gasteiger partial charge on any atom is -0.383 e. The fourth-order valence-corrected chi connectivity index (χ4v) is 2.67. The second kappa shape index (κ2) is 14.3. The van der Waals surface area contributed by atoms with Gasteiger partial charge in [0.2, 0.25) is 5.91 Å². The minimum absolute atomic E-state index is 0. The lowest BCUT2D eigenvalue weighted by Crippen LogP contribution is -2.45. The SMILES string of the molecule is COCCNCC(=O)NCC(c1ccccc1)N1CCOCC1.Cl.Cl. The van der Waals surface area contributed by atoms with Crippen molar-refractivity contribution in [3.63, 3.8) is 0 Å². The number of carbonyl (C=O) groups excluding carboxylic acids is 1. The molecule has 0 aliphatic carbocycles. The maximum absolute atomic E-state index is 12.0. The first kappa shape index (κ1) is 24.1. The summed E-state index contributed by atoms with van der Waals surface area (Å²) in [7, 11) is 1.65. The molecule has 1 aromatic rings. The van der Waals surface area contributed by atoms with Crippen molar-refractivity contribution in [2.75, 3.05) is 59.7 Å². The van der Waals surface area contributed by atoms with E-state index in [2.05, 4.69) is 27.7 Å². The summed E-state index contributed by atoms with van der Waals surface area (Å²) in [5, 5.41) is 6.09. The van der Waals surface area contributed by atoms with Crippen LogP contribution in [0.1, 0.15) is 11.6 Å². The van der Waals surface area contributed by atoms with Crippen molar-refractivity contribution >= 4 is 30.7 Å². The Morgan fingerprint density at radius 2 is 1.92 bits per heavy atom. The second-order valence-electron chi connectivity index (χ2n) is 5.55. The molecule has 2 N–H and O–H groups in total. The number of methoxy groups -OCH3 is 1. The Morgan fingerprint density at radius 3 is 2.56 bits per heavy atom. The van der Waals surface area contributed by atoms with Crippen molar-refractivity contribution in [2.24, 2.45) is 0 Å². The zero-order valence-electron chi connectivity index (χ0n) is 14.6. The number of carbonyl (C=O) groups is 1. The summed E-state index contributed by atoms with van der Waals surface area (Å²) in [6.07, 6.45) is 0. The van der Waals surface area contributed by atoms with Crippen molar-refractivity contribution in [2.45, 2.75) is 6.04 Å². The maximum Gasteiger partial charge on any atom is 0.234 e. The third-order valence-corrected chi connectivity index (χ3v) is 3.93. The standard InChI is InChI=1S/C17H27N3O3.2ClH/c1-22-10-7-18-14-17(21)19-13-16(15-5-3-2-4-6-15)20-8-11-23-12-9-20;;/h2-6,16,18H,7-14H2,1H3,(H,19,21);2*1H. The highest BCUT2D eigenvalue weighted by Gasteiger charge is 2.22. The van der Waals surface area contributed by atoms with Crippen LogP contribution in [0.15, 0.2) is 30.3 Å². The Morgan fingerprint density at radius 1 is 1.24 bits per heavy atom. The number of nitrogens with one attached hydrogen (secondary N) is 2. The van der Waals surface area contributed by atoms with Crippen LogP contribution >= 0.6 is 24.8 Å². The smallest absolute Gasteiger partial charge is 0.234 e. The van der Waals surface area contributed by atoms with E-state index in [1.807, 2.05) is 18.2 Å². The number of hydrogen-bond donors (Lipinski definition) is 2. The van der Waals surface area contributed by atoms with Gasteiger partial charge < -0.3 is 20.1 Å². The Hall–Kier alpha value is -0.890. The van der Waals surface area contributed by atoms with Crippen LogP contribution in [0.3, 0.4) is 0 Å². The van der Waals surface area contributed by atoms with Crippen LogP contribution in [0.25, 0.3) is 0 Å². The minimum atomic E-state index is 0. The fraction of sp³-hybridized carbons (Fsp3) is 0.588. The predicted octanol–water partition coefficient (Wildman–Crippen LogP) is 1.26. The van der Waals surface area contributed by atoms with Crippen LogP contribution < -0.4 is 10.6 Å². The van der Waals surface area contributed by atoms with E-state index in [1.54, 1.807) is 7.11 Å². The predicted molar refractivity (Wildman–Crippen MR) is 104 cm³/mol. The summed E-state index contributed by atoms with van der Waals surface area (Å²) in [6, 6.07) is 10.5. The molecule has 6 nitrogen and oxygen atoms in total. The van der Waals surface area contributed by atoms with Crippen molar-refractivity contribution < 1.29 is 14.3 Å². The van der Waals surface area contributed by atoms with Crippen LogP contribution in [-0.4, -0.2) is 70.5 Å². The molecule has 0 bridgehead atoms. The first-order valence-corrected chi connectivity index (χ1v) is 8.14. The molecule has 1 saturated heterocycles. The van der Waals surface area contributed by atoms with Crippen LogP contribution in [0.4, 0.5) is 0 Å². The molecule has 1 fully saturated rings. The fourth-order valence-electron chi connectivity index (χ4n) is 2.67. The van der Waals surface area contributed by atoms with Crippen LogP contribution in [0.5, 0.6) is 0 Å². The number of hydrogen-bond acceptors (Lipinski definition) is 5. The summed E-state index contributed by atoms with van der Waals surface area (Å²) >= 11 is 0. The monoisotopic (exact) mass is 393 g/mol. The van der Waals surface area contributed by atoms with Gasteiger partial charge in [0.15, 0.2) is 0 Å². The van der Waals surface area contributed by atoms with Gasteiger partial charge in [-0.2, -0.15) is 0 Å². The lowest BCUT2D eigenvalue weighted by atomic mass is 10.0. The lowest BCUT2D eigenvalue weighted by Gasteiger charge is -2.35. The van der Waals surface area contributed by atoms with Gasteiger partial charge >= 0.3 is 0 Å². The van der Waals surface area contributed by atoms with Gasteiger partial charge in [0.05, 0.1) is 32.4 Å². The molecular formula is C17H29Cl2N3O3. The summed E-state index contributed by atoms with van der Waals surface area (Å²) < 4.78 is 10.4. The van der Waals surface area contributed by atoms with E-state index in [4.69, 9.17) is 9.47 Å². The Bertz CT molecular complexity index is 460. The van der Waals surface area contributed by atoms with E-state index in [0.717, 1.165) is 26.3 Å². The van der Waals surface area contributed by atoms with Gasteiger partial charge in [0.1, 0.15) is 0 Å². The molecule has 1 heterocycles. The molecule has 0 saturated carbocycles. The molecule has 8 heteroatoms. The third kappa shape index (κ3) is 8.85. The molecular weight excluding hydrogens is 365 g/mol. The first-order valence-electron chi connectivity index (χ1n) is 8.14. The summed E-state index contributed by atoms with van der Waals surface area (Å²) in [6.45, 7) is 5.47. The number of morpholine rings is 1. The van der Waals surface area contributed by atoms with Crippen molar-refractivity contribution in [1.82, 2.24) is 15.5 Å². The van der Waals surface area contributed by atoms with E-state index >= 15 is 0 Å². The van der Waals surface area contributed by atoms with Gasteiger partial charge in [0.25, 0.3) is 0 Å². The highest BCUT2D eigenvalue weighted by molar-refractivity contribution is 5.85. The molecule has 0 aromatic heterocycles. The number of amides is 1. The zero-order chi connectivity index (χ0) is 16.3. The Labute approximate surface area is 162 Å². The van der Waals surface area contributed by atoms with E-state index < -0.39 is 0 Å². The van der Waals surface area contributed by atoms with Gasteiger partial charge in [0, 0.05) is 33.3 Å². The van der Waals surface area contributed by atoms with E-state index in [1.165, 1.54) is 5.56 Å². The molecule has 1 amide bonds. The topological polar surface area (TPSA) is 62.8 Å². The molecule has 0 spiro atoms. The van der Waals surface area contributed by atoms with Gasteiger partial charge in [-0.25, -0.2) is 0 Å². The van der Waals surface area contributed by atoms with Crippen molar-refractivity contribution in [3.8, 4) is 0 Å². The molecule has 1 atom stereocenters. The second-order valence-corrected chi connectivity index (χ2v) is 5.55. The van der Waals surface area contributed by atoms with E-state index in [9.17, 15) is 4.79 Å². The Balaban J connectivity index is 0.00000288. The molecule has 1 aliphatic rings. The average molecular weight is 394 g/mol. The highest BCUT2D eigenvalue weighted by atomic mass is 35.5.